The first kappa shape index (κ1) is 10.4. The van der Waals surface area contributed by atoms with Crippen molar-refractivity contribution in [3.63, 3.8) is 0 Å². The highest BCUT2D eigenvalue weighted by Crippen LogP contribution is 2.22. The van der Waals surface area contributed by atoms with Crippen LogP contribution in [0.25, 0.3) is 0 Å². The van der Waals surface area contributed by atoms with E-state index in [4.69, 9.17) is 0 Å². The monoisotopic (exact) mass is 208 g/mol. The first-order valence-electron chi connectivity index (χ1n) is 5.35. The molecule has 1 saturated heterocycles. The van der Waals surface area contributed by atoms with Crippen LogP contribution in [0.2, 0.25) is 0 Å². The van der Waals surface area contributed by atoms with Gasteiger partial charge in [0.2, 0.25) is 0 Å². The Hall–Kier alpha value is -1.16. The number of hydrogen-bond donors (Lipinski definition) is 0. The number of amides is 2. The summed E-state index contributed by atoms with van der Waals surface area (Å²) in [5.41, 5.74) is 0. The third-order valence-corrected chi connectivity index (χ3v) is 3.39. The highest BCUT2D eigenvalue weighted by Gasteiger charge is 2.34. The average Bonchev–Trinajstić information content (AvgIpc) is 2.52. The van der Waals surface area contributed by atoms with Crippen LogP contribution in [0.5, 0.6) is 0 Å². The van der Waals surface area contributed by atoms with Crippen molar-refractivity contribution in [3.05, 3.63) is 12.2 Å². The van der Waals surface area contributed by atoms with Crippen LogP contribution >= 0.6 is 0 Å². The Morgan fingerprint density at radius 3 is 2.40 bits per heavy atom. The van der Waals surface area contributed by atoms with Crippen LogP contribution in [0.15, 0.2) is 12.2 Å². The summed E-state index contributed by atoms with van der Waals surface area (Å²) in [5, 5.41) is 0. The lowest BCUT2D eigenvalue weighted by molar-refractivity contribution is -0.140. The van der Waals surface area contributed by atoms with E-state index in [1.54, 1.807) is 0 Å². The largest absolute Gasteiger partial charge is 0.304 e. The second-order valence-electron chi connectivity index (χ2n) is 4.39. The van der Waals surface area contributed by atoms with Crippen molar-refractivity contribution < 1.29 is 9.59 Å². The molecule has 4 heteroatoms. The van der Waals surface area contributed by atoms with Gasteiger partial charge in [0.15, 0.2) is 0 Å². The van der Waals surface area contributed by atoms with Crippen LogP contribution < -0.4 is 0 Å². The second-order valence-corrected chi connectivity index (χ2v) is 4.39. The van der Waals surface area contributed by atoms with Crippen molar-refractivity contribution in [1.29, 1.82) is 0 Å². The molecule has 2 unspecified atom stereocenters. The van der Waals surface area contributed by atoms with Crippen LogP contribution in [-0.4, -0.2) is 47.3 Å². The van der Waals surface area contributed by atoms with Gasteiger partial charge in [-0.1, -0.05) is 0 Å². The number of hydrogen-bond acceptors (Lipinski definition) is 3. The smallest absolute Gasteiger partial charge is 0.253 e. The van der Waals surface area contributed by atoms with Gasteiger partial charge in [0.05, 0.1) is 0 Å². The molecular weight excluding hydrogens is 192 g/mol. The Bertz CT molecular complexity index is 307. The van der Waals surface area contributed by atoms with Crippen LogP contribution in [-0.2, 0) is 9.59 Å². The third-order valence-electron chi connectivity index (χ3n) is 3.39. The van der Waals surface area contributed by atoms with E-state index in [9.17, 15) is 9.59 Å². The maximum atomic E-state index is 11.5. The van der Waals surface area contributed by atoms with E-state index in [0.29, 0.717) is 6.04 Å². The molecule has 2 atom stereocenters. The van der Waals surface area contributed by atoms with Gasteiger partial charge in [0.25, 0.3) is 11.8 Å². The van der Waals surface area contributed by atoms with Crippen molar-refractivity contribution in [2.24, 2.45) is 0 Å². The predicted octanol–water partition coefficient (Wildman–Crippen LogP) is 0.394. The molecule has 0 aromatic carbocycles. The standard InChI is InChI=1S/C11H16N2O2/c1-8-7-9(5-6-12(8)2)13-10(14)3-4-11(13)15/h3-4,8-9H,5-7H2,1-2H3. The van der Waals surface area contributed by atoms with E-state index >= 15 is 0 Å². The molecule has 0 aromatic heterocycles. The second kappa shape index (κ2) is 3.77. The topological polar surface area (TPSA) is 40.6 Å². The van der Waals surface area contributed by atoms with Gasteiger partial charge < -0.3 is 4.90 Å². The maximum Gasteiger partial charge on any atom is 0.253 e. The summed E-state index contributed by atoms with van der Waals surface area (Å²) < 4.78 is 0. The minimum Gasteiger partial charge on any atom is -0.304 e. The van der Waals surface area contributed by atoms with E-state index in [-0.39, 0.29) is 17.9 Å². The molecule has 0 saturated carbocycles. The summed E-state index contributed by atoms with van der Waals surface area (Å²) in [6.07, 6.45) is 4.51. The van der Waals surface area contributed by atoms with Crippen molar-refractivity contribution >= 4 is 11.8 Å². The highest BCUT2D eigenvalue weighted by atomic mass is 16.2. The van der Waals surface area contributed by atoms with Crippen molar-refractivity contribution in [2.45, 2.75) is 31.8 Å². The van der Waals surface area contributed by atoms with Crippen LogP contribution in [0, 0.1) is 0 Å². The summed E-state index contributed by atoms with van der Waals surface area (Å²) in [6, 6.07) is 0.524. The molecule has 1 fully saturated rings. The number of likely N-dealkylation sites (tertiary alicyclic amines) is 1. The predicted molar refractivity (Wildman–Crippen MR) is 56.1 cm³/mol. The number of nitrogens with zero attached hydrogens (tertiary/aromatic N) is 2. The quantitative estimate of drug-likeness (QED) is 0.585. The maximum absolute atomic E-state index is 11.5. The zero-order chi connectivity index (χ0) is 11.0. The Morgan fingerprint density at radius 1 is 1.27 bits per heavy atom. The Kier molecular flexibility index (Phi) is 2.61. The van der Waals surface area contributed by atoms with Crippen LogP contribution in [0.3, 0.4) is 0 Å². The van der Waals surface area contributed by atoms with E-state index in [0.717, 1.165) is 19.4 Å². The van der Waals surface area contributed by atoms with Gasteiger partial charge in [0.1, 0.15) is 0 Å². The van der Waals surface area contributed by atoms with E-state index in [1.165, 1.54) is 17.1 Å². The SMILES string of the molecule is CC1CC(N2C(=O)C=CC2=O)CCN1C. The van der Waals surface area contributed by atoms with Crippen molar-refractivity contribution in [3.8, 4) is 0 Å². The van der Waals surface area contributed by atoms with Gasteiger partial charge in [-0.2, -0.15) is 0 Å². The fraction of sp³-hybridized carbons (Fsp3) is 0.636. The number of carbonyl (C=O) groups is 2. The minimum atomic E-state index is -0.151. The molecule has 2 aliphatic rings. The number of imide groups is 1. The van der Waals surface area contributed by atoms with E-state index < -0.39 is 0 Å². The summed E-state index contributed by atoms with van der Waals surface area (Å²) in [6.45, 7) is 3.08. The molecular formula is C11H16N2O2. The Morgan fingerprint density at radius 2 is 1.87 bits per heavy atom. The first-order valence-corrected chi connectivity index (χ1v) is 5.35. The van der Waals surface area contributed by atoms with Gasteiger partial charge >= 0.3 is 0 Å². The summed E-state index contributed by atoms with van der Waals surface area (Å²) in [5.74, 6) is -0.302. The Balaban J connectivity index is 2.06. The van der Waals surface area contributed by atoms with Gasteiger partial charge in [0, 0.05) is 30.8 Å². The molecule has 0 bridgehead atoms. The fourth-order valence-corrected chi connectivity index (χ4v) is 2.27. The lowest BCUT2D eigenvalue weighted by Gasteiger charge is -2.38. The molecule has 2 heterocycles. The van der Waals surface area contributed by atoms with Crippen LogP contribution in [0.4, 0.5) is 0 Å². The lowest BCUT2D eigenvalue weighted by Crippen LogP contribution is -2.49. The molecule has 0 N–H and O–H groups in total. The van der Waals surface area contributed by atoms with Crippen LogP contribution in [0.1, 0.15) is 19.8 Å². The molecule has 15 heavy (non-hydrogen) atoms. The van der Waals surface area contributed by atoms with Crippen molar-refractivity contribution in [2.75, 3.05) is 13.6 Å². The van der Waals surface area contributed by atoms with Gasteiger partial charge in [-0.3, -0.25) is 14.5 Å². The summed E-state index contributed by atoms with van der Waals surface area (Å²) >= 11 is 0. The third kappa shape index (κ3) is 1.81. The number of piperidine rings is 1. The molecule has 0 aromatic rings. The molecule has 2 aliphatic heterocycles. The molecule has 0 aliphatic carbocycles. The average molecular weight is 208 g/mol. The fourth-order valence-electron chi connectivity index (χ4n) is 2.27. The van der Waals surface area contributed by atoms with Gasteiger partial charge in [-0.05, 0) is 26.8 Å². The van der Waals surface area contributed by atoms with Crippen molar-refractivity contribution in [1.82, 2.24) is 9.80 Å². The van der Waals surface area contributed by atoms with E-state index in [1.807, 2.05) is 0 Å². The Labute approximate surface area is 89.5 Å². The molecule has 2 rings (SSSR count). The minimum absolute atomic E-state index is 0.0891. The normalized spacial score (nSPS) is 32.8. The summed E-state index contributed by atoms with van der Waals surface area (Å²) in [4.78, 5) is 26.6. The number of rotatable bonds is 1. The lowest BCUT2D eigenvalue weighted by atomic mass is 9.97. The molecule has 0 radical (unpaired) electrons. The van der Waals surface area contributed by atoms with E-state index in [2.05, 4.69) is 18.9 Å². The van der Waals surface area contributed by atoms with Gasteiger partial charge in [-0.25, -0.2) is 0 Å². The zero-order valence-electron chi connectivity index (χ0n) is 9.14. The first-order chi connectivity index (χ1) is 7.09. The highest BCUT2D eigenvalue weighted by molar-refractivity contribution is 6.13. The zero-order valence-corrected chi connectivity index (χ0v) is 9.14. The number of carbonyl (C=O) groups excluding carboxylic acids is 2. The molecule has 2 amide bonds. The molecule has 82 valence electrons. The van der Waals surface area contributed by atoms with Gasteiger partial charge in [-0.15, -0.1) is 0 Å². The molecule has 4 nitrogen and oxygen atoms in total. The molecule has 0 spiro atoms. The summed E-state index contributed by atoms with van der Waals surface area (Å²) in [7, 11) is 2.08.